The lowest BCUT2D eigenvalue weighted by Crippen LogP contribution is -2.30. The molecule has 0 bridgehead atoms. The minimum absolute atomic E-state index is 0.0194. The van der Waals surface area contributed by atoms with E-state index in [0.717, 1.165) is 31.8 Å². The van der Waals surface area contributed by atoms with E-state index in [1.165, 1.54) is 0 Å². The number of nitrogens with one attached hydrogen (secondary N) is 1. The number of hydrogen-bond donors (Lipinski definition) is 2. The van der Waals surface area contributed by atoms with E-state index >= 15 is 0 Å². The van der Waals surface area contributed by atoms with Crippen molar-refractivity contribution in [2.45, 2.75) is 6.61 Å². The molecule has 2 N–H and O–H groups in total. The summed E-state index contributed by atoms with van der Waals surface area (Å²) in [6.07, 6.45) is 0. The lowest BCUT2D eigenvalue weighted by atomic mass is 10.0. The summed E-state index contributed by atoms with van der Waals surface area (Å²) in [7, 11) is 0. The largest absolute Gasteiger partial charge is 0.388 e. The first kappa shape index (κ1) is 12.8. The average molecular weight is 287 g/mol. The smallest absolute Gasteiger partial charge is 0.256 e. The number of H-pyrrole nitrogens is 1. The molecule has 2 saturated heterocycles. The van der Waals surface area contributed by atoms with Crippen molar-refractivity contribution in [3.8, 4) is 0 Å². The highest BCUT2D eigenvalue weighted by molar-refractivity contribution is 6.05. The van der Waals surface area contributed by atoms with Crippen molar-refractivity contribution in [1.82, 2.24) is 14.9 Å². The first-order valence-electron chi connectivity index (χ1n) is 7.21. The third kappa shape index (κ3) is 2.02. The Morgan fingerprint density at radius 1 is 1.38 bits per heavy atom. The molecule has 1 aromatic heterocycles. The number of imidazole rings is 1. The van der Waals surface area contributed by atoms with Crippen LogP contribution in [0, 0.1) is 11.8 Å². The van der Waals surface area contributed by atoms with Crippen LogP contribution in [-0.4, -0.2) is 52.2 Å². The van der Waals surface area contributed by atoms with E-state index in [-0.39, 0.29) is 12.5 Å². The van der Waals surface area contributed by atoms with Crippen molar-refractivity contribution < 1.29 is 14.6 Å². The second kappa shape index (κ2) is 4.82. The van der Waals surface area contributed by atoms with Crippen LogP contribution in [0.25, 0.3) is 11.0 Å². The predicted octanol–water partition coefficient (Wildman–Crippen LogP) is 0.774. The minimum Gasteiger partial charge on any atom is -0.388 e. The summed E-state index contributed by atoms with van der Waals surface area (Å²) in [5.74, 6) is 1.45. The van der Waals surface area contributed by atoms with Gasteiger partial charge in [0.1, 0.15) is 17.9 Å². The Hall–Kier alpha value is -1.92. The van der Waals surface area contributed by atoms with Crippen molar-refractivity contribution in [2.24, 2.45) is 11.8 Å². The highest BCUT2D eigenvalue weighted by atomic mass is 16.5. The highest BCUT2D eigenvalue weighted by Gasteiger charge is 2.39. The Balaban J connectivity index is 1.66. The third-order valence-electron chi connectivity index (χ3n) is 4.47. The molecule has 0 aliphatic carbocycles. The predicted molar refractivity (Wildman–Crippen MR) is 75.7 cm³/mol. The van der Waals surface area contributed by atoms with Gasteiger partial charge in [-0.3, -0.25) is 4.79 Å². The Bertz CT molecular complexity index is 685. The van der Waals surface area contributed by atoms with E-state index in [1.54, 1.807) is 6.07 Å². The zero-order valence-electron chi connectivity index (χ0n) is 11.6. The molecule has 4 rings (SSSR count). The van der Waals surface area contributed by atoms with Crippen LogP contribution in [0.1, 0.15) is 16.2 Å². The summed E-state index contributed by atoms with van der Waals surface area (Å²) in [6, 6.07) is 5.51. The van der Waals surface area contributed by atoms with Gasteiger partial charge in [0, 0.05) is 24.9 Å². The van der Waals surface area contributed by atoms with Gasteiger partial charge in [-0.15, -0.1) is 0 Å². The number of benzene rings is 1. The van der Waals surface area contributed by atoms with Crippen LogP contribution in [0.3, 0.4) is 0 Å². The molecule has 6 heteroatoms. The number of carbonyl (C=O) groups excluding carboxylic acids is 1. The second-order valence-corrected chi connectivity index (χ2v) is 5.81. The van der Waals surface area contributed by atoms with Crippen molar-refractivity contribution in [2.75, 3.05) is 26.3 Å². The average Bonchev–Trinajstić information content (AvgIpc) is 3.18. The van der Waals surface area contributed by atoms with Gasteiger partial charge in [-0.1, -0.05) is 6.07 Å². The van der Waals surface area contributed by atoms with Gasteiger partial charge in [0.2, 0.25) is 0 Å². The summed E-state index contributed by atoms with van der Waals surface area (Å²) in [6.45, 7) is 2.88. The van der Waals surface area contributed by atoms with E-state index in [0.29, 0.717) is 28.7 Å². The summed E-state index contributed by atoms with van der Waals surface area (Å²) < 4.78 is 5.45. The molecular formula is C15H17N3O3. The van der Waals surface area contributed by atoms with Crippen LogP contribution >= 0.6 is 0 Å². The number of ether oxygens (including phenoxy) is 1. The standard InChI is InChI=1S/C15H17N3O3/c19-6-13-16-12-3-1-2-11(14(12)17-13)15(20)18-4-9-7-21-8-10(9)5-18/h1-3,9-10,19H,4-8H2,(H,16,17)/t9-,10+. The highest BCUT2D eigenvalue weighted by Crippen LogP contribution is 2.30. The van der Waals surface area contributed by atoms with Gasteiger partial charge in [-0.2, -0.15) is 0 Å². The molecule has 2 aliphatic heterocycles. The fourth-order valence-electron chi connectivity index (χ4n) is 3.35. The molecule has 6 nitrogen and oxygen atoms in total. The molecule has 110 valence electrons. The van der Waals surface area contributed by atoms with Crippen molar-refractivity contribution in [3.05, 3.63) is 29.6 Å². The van der Waals surface area contributed by atoms with E-state index < -0.39 is 0 Å². The molecule has 21 heavy (non-hydrogen) atoms. The number of amides is 1. The molecule has 0 unspecified atom stereocenters. The number of fused-ring (bicyclic) bond motifs is 2. The molecule has 0 saturated carbocycles. The first-order chi connectivity index (χ1) is 10.3. The number of aromatic amines is 1. The van der Waals surface area contributed by atoms with Gasteiger partial charge < -0.3 is 19.7 Å². The number of para-hydroxylation sites is 1. The summed E-state index contributed by atoms with van der Waals surface area (Å²) >= 11 is 0. The second-order valence-electron chi connectivity index (χ2n) is 5.81. The van der Waals surface area contributed by atoms with Gasteiger partial charge in [-0.05, 0) is 12.1 Å². The Morgan fingerprint density at radius 2 is 2.14 bits per heavy atom. The maximum atomic E-state index is 12.8. The Kier molecular flexibility index (Phi) is 2.94. The number of aromatic nitrogens is 2. The fourth-order valence-corrected chi connectivity index (χ4v) is 3.35. The molecule has 1 aromatic carbocycles. The Labute approximate surface area is 121 Å². The number of carbonyl (C=O) groups is 1. The lowest BCUT2D eigenvalue weighted by molar-refractivity contribution is 0.0753. The summed E-state index contributed by atoms with van der Waals surface area (Å²) in [5.41, 5.74) is 2.02. The van der Waals surface area contributed by atoms with Crippen molar-refractivity contribution in [1.29, 1.82) is 0 Å². The summed E-state index contributed by atoms with van der Waals surface area (Å²) in [4.78, 5) is 22.0. The molecule has 0 spiro atoms. The number of nitrogens with zero attached hydrogens (tertiary/aromatic N) is 2. The molecule has 0 radical (unpaired) electrons. The normalized spacial score (nSPS) is 24.7. The van der Waals surface area contributed by atoms with Gasteiger partial charge in [0.15, 0.2) is 0 Å². The van der Waals surface area contributed by atoms with E-state index in [1.807, 2.05) is 17.0 Å². The van der Waals surface area contributed by atoms with E-state index in [2.05, 4.69) is 9.97 Å². The van der Waals surface area contributed by atoms with Crippen molar-refractivity contribution >= 4 is 16.9 Å². The number of likely N-dealkylation sites (tertiary alicyclic amines) is 1. The molecule has 3 heterocycles. The van der Waals surface area contributed by atoms with Crippen LogP contribution in [0.4, 0.5) is 0 Å². The number of aliphatic hydroxyl groups excluding tert-OH is 1. The van der Waals surface area contributed by atoms with Gasteiger partial charge in [-0.25, -0.2) is 4.98 Å². The molecule has 2 aliphatic rings. The lowest BCUT2D eigenvalue weighted by Gasteiger charge is -2.17. The monoisotopic (exact) mass is 287 g/mol. The van der Waals surface area contributed by atoms with Gasteiger partial charge >= 0.3 is 0 Å². The zero-order chi connectivity index (χ0) is 14.4. The topological polar surface area (TPSA) is 78.5 Å². The number of aliphatic hydroxyl groups is 1. The van der Waals surface area contributed by atoms with Gasteiger partial charge in [0.05, 0.1) is 24.3 Å². The SMILES string of the molecule is O=C(c1cccc2[nH]c(CO)nc12)N1C[C@H]2COC[C@H]2C1. The van der Waals surface area contributed by atoms with Crippen LogP contribution in [-0.2, 0) is 11.3 Å². The van der Waals surface area contributed by atoms with Gasteiger partial charge in [0.25, 0.3) is 5.91 Å². The maximum absolute atomic E-state index is 12.8. The number of hydrogen-bond acceptors (Lipinski definition) is 4. The maximum Gasteiger partial charge on any atom is 0.256 e. The first-order valence-corrected chi connectivity index (χ1v) is 7.21. The molecule has 2 aromatic rings. The molecule has 2 fully saturated rings. The number of rotatable bonds is 2. The Morgan fingerprint density at radius 3 is 2.86 bits per heavy atom. The molecule has 1 amide bonds. The fraction of sp³-hybridized carbons (Fsp3) is 0.467. The zero-order valence-corrected chi connectivity index (χ0v) is 11.6. The third-order valence-corrected chi connectivity index (χ3v) is 4.47. The summed E-state index contributed by atoms with van der Waals surface area (Å²) in [5, 5.41) is 9.19. The van der Waals surface area contributed by atoms with Crippen LogP contribution in [0.5, 0.6) is 0 Å². The minimum atomic E-state index is -0.159. The van der Waals surface area contributed by atoms with Crippen LogP contribution in [0.2, 0.25) is 0 Å². The van der Waals surface area contributed by atoms with E-state index in [9.17, 15) is 9.90 Å². The molecular weight excluding hydrogens is 270 g/mol. The van der Waals surface area contributed by atoms with Crippen LogP contribution in [0.15, 0.2) is 18.2 Å². The molecule has 2 atom stereocenters. The van der Waals surface area contributed by atoms with Crippen molar-refractivity contribution in [3.63, 3.8) is 0 Å². The quantitative estimate of drug-likeness (QED) is 0.855. The van der Waals surface area contributed by atoms with E-state index in [4.69, 9.17) is 4.74 Å². The van der Waals surface area contributed by atoms with Crippen LogP contribution < -0.4 is 0 Å².